The fraction of sp³-hybridized carbons (Fsp3) is 0.600. The molecule has 1 aliphatic rings. The smallest absolute Gasteiger partial charge is 0.0406 e. The van der Waals surface area contributed by atoms with Crippen LogP contribution in [0.15, 0.2) is 24.3 Å². The molecule has 1 aliphatic heterocycles. The Balaban J connectivity index is 0.00000180. The monoisotopic (exact) mass is 338 g/mol. The van der Waals surface area contributed by atoms with Gasteiger partial charge >= 0.3 is 0 Å². The van der Waals surface area contributed by atoms with Crippen molar-refractivity contribution in [3.63, 3.8) is 0 Å². The molecule has 1 heterocycles. The average molecular weight is 340 g/mol. The van der Waals surface area contributed by atoms with Crippen LogP contribution in [0, 0.1) is 5.41 Å². The quantitative estimate of drug-likeness (QED) is 0.869. The molecule has 0 aromatic heterocycles. The lowest BCUT2D eigenvalue weighted by Crippen LogP contribution is -2.48. The summed E-state index contributed by atoms with van der Waals surface area (Å²) in [6.45, 7) is 11.3. The van der Waals surface area contributed by atoms with E-state index >= 15 is 0 Å². The summed E-state index contributed by atoms with van der Waals surface area (Å²) in [7, 11) is 0. The van der Waals surface area contributed by atoms with Crippen molar-refractivity contribution in [3.05, 3.63) is 34.9 Å². The number of piperazine rings is 1. The summed E-state index contributed by atoms with van der Waals surface area (Å²) in [5.74, 6) is 0. The number of nitrogens with one attached hydrogen (secondary N) is 1. The van der Waals surface area contributed by atoms with Gasteiger partial charge in [0.05, 0.1) is 0 Å². The van der Waals surface area contributed by atoms with Gasteiger partial charge in [-0.15, -0.1) is 24.8 Å². The molecule has 2 rings (SSSR count). The summed E-state index contributed by atoms with van der Waals surface area (Å²) < 4.78 is 0. The van der Waals surface area contributed by atoms with E-state index in [1.54, 1.807) is 0 Å². The predicted octanol–water partition coefficient (Wildman–Crippen LogP) is 4.18. The van der Waals surface area contributed by atoms with E-state index in [1.807, 2.05) is 12.1 Å². The van der Waals surface area contributed by atoms with Crippen molar-refractivity contribution in [2.75, 3.05) is 26.2 Å². The maximum Gasteiger partial charge on any atom is 0.0406 e. The van der Waals surface area contributed by atoms with Gasteiger partial charge in [-0.05, 0) is 23.1 Å². The van der Waals surface area contributed by atoms with Crippen LogP contribution in [-0.2, 0) is 0 Å². The number of benzene rings is 1. The largest absolute Gasteiger partial charge is 0.314 e. The van der Waals surface area contributed by atoms with Gasteiger partial charge in [-0.2, -0.15) is 0 Å². The van der Waals surface area contributed by atoms with Crippen LogP contribution >= 0.6 is 36.4 Å². The SMILES string of the molecule is CC(C)(C)[C@@H](c1ccc(Cl)cc1)N1CCNCC1.Cl.Cl. The van der Waals surface area contributed by atoms with Crippen molar-refractivity contribution in [3.8, 4) is 0 Å². The third-order valence-electron chi connectivity index (χ3n) is 3.52. The van der Waals surface area contributed by atoms with Crippen molar-refractivity contribution in [2.45, 2.75) is 26.8 Å². The van der Waals surface area contributed by atoms with E-state index in [4.69, 9.17) is 11.6 Å². The molecular weight excluding hydrogens is 315 g/mol. The van der Waals surface area contributed by atoms with E-state index < -0.39 is 0 Å². The second kappa shape index (κ2) is 8.45. The summed E-state index contributed by atoms with van der Waals surface area (Å²) in [5, 5.41) is 4.23. The highest BCUT2D eigenvalue weighted by molar-refractivity contribution is 6.30. The first-order valence-electron chi connectivity index (χ1n) is 6.69. The first kappa shape index (κ1) is 20.0. The van der Waals surface area contributed by atoms with Crippen LogP contribution in [0.4, 0.5) is 0 Å². The molecule has 1 fully saturated rings. The van der Waals surface area contributed by atoms with Crippen LogP contribution in [0.3, 0.4) is 0 Å². The highest BCUT2D eigenvalue weighted by atomic mass is 35.5. The van der Waals surface area contributed by atoms with Crippen molar-refractivity contribution in [1.29, 1.82) is 0 Å². The third kappa shape index (κ3) is 5.09. The van der Waals surface area contributed by atoms with Gasteiger partial charge in [0.1, 0.15) is 0 Å². The summed E-state index contributed by atoms with van der Waals surface area (Å²) in [6.07, 6.45) is 0. The molecule has 1 aromatic carbocycles. The number of rotatable bonds is 2. The van der Waals surface area contributed by atoms with Crippen LogP contribution in [0.1, 0.15) is 32.4 Å². The second-order valence-corrected chi connectivity index (χ2v) is 6.54. The molecule has 0 saturated carbocycles. The Kier molecular flexibility index (Phi) is 8.46. The van der Waals surface area contributed by atoms with Crippen LogP contribution in [-0.4, -0.2) is 31.1 Å². The van der Waals surface area contributed by atoms with Crippen LogP contribution in [0.25, 0.3) is 0 Å². The maximum absolute atomic E-state index is 5.99. The Morgan fingerprint density at radius 3 is 2.00 bits per heavy atom. The molecule has 0 amide bonds. The summed E-state index contributed by atoms with van der Waals surface area (Å²) in [6, 6.07) is 8.79. The Labute approximate surface area is 140 Å². The van der Waals surface area contributed by atoms with Crippen molar-refractivity contribution >= 4 is 36.4 Å². The molecule has 5 heteroatoms. The van der Waals surface area contributed by atoms with E-state index in [2.05, 4.69) is 43.1 Å². The predicted molar refractivity (Wildman–Crippen MR) is 92.6 cm³/mol. The molecule has 0 bridgehead atoms. The zero-order chi connectivity index (χ0) is 13.2. The zero-order valence-electron chi connectivity index (χ0n) is 12.4. The molecule has 116 valence electrons. The van der Waals surface area contributed by atoms with Gasteiger partial charge < -0.3 is 5.32 Å². The fourth-order valence-electron chi connectivity index (χ4n) is 2.84. The number of halogens is 3. The van der Waals surface area contributed by atoms with Crippen LogP contribution < -0.4 is 5.32 Å². The lowest BCUT2D eigenvalue weighted by atomic mass is 9.81. The Morgan fingerprint density at radius 2 is 1.55 bits per heavy atom. The summed E-state index contributed by atoms with van der Waals surface area (Å²) >= 11 is 5.99. The zero-order valence-corrected chi connectivity index (χ0v) is 14.7. The minimum absolute atomic E-state index is 0. The van der Waals surface area contributed by atoms with Gasteiger partial charge in [-0.25, -0.2) is 0 Å². The van der Waals surface area contributed by atoms with E-state index in [0.29, 0.717) is 6.04 Å². The molecular formula is C15H25Cl3N2. The normalized spacial score (nSPS) is 17.8. The maximum atomic E-state index is 5.99. The Hall–Kier alpha value is 0.01000. The van der Waals surface area contributed by atoms with Gasteiger partial charge in [0.15, 0.2) is 0 Å². The third-order valence-corrected chi connectivity index (χ3v) is 3.77. The molecule has 0 unspecified atom stereocenters. The van der Waals surface area contributed by atoms with Crippen molar-refractivity contribution < 1.29 is 0 Å². The number of hydrogen-bond donors (Lipinski definition) is 1. The summed E-state index contributed by atoms with van der Waals surface area (Å²) in [5.41, 5.74) is 1.60. The second-order valence-electron chi connectivity index (χ2n) is 6.11. The minimum atomic E-state index is 0. The van der Waals surface area contributed by atoms with E-state index in [0.717, 1.165) is 31.2 Å². The van der Waals surface area contributed by atoms with Gasteiger partial charge in [0.2, 0.25) is 0 Å². The standard InChI is InChI=1S/C15H23ClN2.2ClH/c1-15(2,3)14(18-10-8-17-9-11-18)12-4-6-13(16)7-5-12;;/h4-7,14,17H,8-11H2,1-3H3;2*1H/t14-;;/m1../s1. The molecule has 1 atom stereocenters. The Morgan fingerprint density at radius 1 is 1.05 bits per heavy atom. The number of nitrogens with zero attached hydrogens (tertiary/aromatic N) is 1. The molecule has 1 saturated heterocycles. The fourth-order valence-corrected chi connectivity index (χ4v) is 2.97. The highest BCUT2D eigenvalue weighted by Gasteiger charge is 2.32. The van der Waals surface area contributed by atoms with Crippen molar-refractivity contribution in [1.82, 2.24) is 10.2 Å². The van der Waals surface area contributed by atoms with Crippen LogP contribution in [0.2, 0.25) is 5.02 Å². The lowest BCUT2D eigenvalue weighted by molar-refractivity contribution is 0.0862. The van der Waals surface area contributed by atoms with E-state index in [1.165, 1.54) is 5.56 Å². The van der Waals surface area contributed by atoms with Gasteiger partial charge in [-0.3, -0.25) is 4.90 Å². The lowest BCUT2D eigenvalue weighted by Gasteiger charge is -2.42. The topological polar surface area (TPSA) is 15.3 Å². The summed E-state index contributed by atoms with van der Waals surface area (Å²) in [4.78, 5) is 2.58. The molecule has 1 N–H and O–H groups in total. The first-order valence-corrected chi connectivity index (χ1v) is 7.06. The molecule has 0 radical (unpaired) electrons. The molecule has 0 spiro atoms. The van der Waals surface area contributed by atoms with E-state index in [-0.39, 0.29) is 30.2 Å². The molecule has 1 aromatic rings. The molecule has 20 heavy (non-hydrogen) atoms. The van der Waals surface area contributed by atoms with Gasteiger partial charge in [0.25, 0.3) is 0 Å². The van der Waals surface area contributed by atoms with Gasteiger partial charge in [0, 0.05) is 37.2 Å². The average Bonchev–Trinajstić information content (AvgIpc) is 2.32. The molecule has 0 aliphatic carbocycles. The highest BCUT2D eigenvalue weighted by Crippen LogP contribution is 2.38. The van der Waals surface area contributed by atoms with E-state index in [9.17, 15) is 0 Å². The van der Waals surface area contributed by atoms with Crippen LogP contribution in [0.5, 0.6) is 0 Å². The number of hydrogen-bond acceptors (Lipinski definition) is 2. The van der Waals surface area contributed by atoms with Crippen molar-refractivity contribution in [2.24, 2.45) is 5.41 Å². The first-order chi connectivity index (χ1) is 8.48. The van der Waals surface area contributed by atoms with Gasteiger partial charge in [-0.1, -0.05) is 44.5 Å². The Bertz CT molecular complexity index is 381. The minimum Gasteiger partial charge on any atom is -0.314 e. The molecule has 2 nitrogen and oxygen atoms in total.